The van der Waals surface area contributed by atoms with E-state index in [4.69, 9.17) is 22.1 Å². The molecule has 0 saturated carbocycles. The number of aryl methyl sites for hydroxylation is 1. The fraction of sp³-hybridized carbons (Fsp3) is 0.417. The highest BCUT2D eigenvalue weighted by Crippen LogP contribution is 2.26. The molecule has 1 heterocycles. The van der Waals surface area contributed by atoms with Gasteiger partial charge in [-0.3, -0.25) is 4.90 Å². The molecule has 1 aliphatic heterocycles. The van der Waals surface area contributed by atoms with Gasteiger partial charge in [-0.15, -0.1) is 0 Å². The summed E-state index contributed by atoms with van der Waals surface area (Å²) in [6, 6.07) is 5.43. The normalized spacial score (nSPS) is 20.3. The van der Waals surface area contributed by atoms with Gasteiger partial charge in [0.25, 0.3) is 0 Å². The zero-order chi connectivity index (χ0) is 12.4. The molecule has 2 N–H and O–H groups in total. The first-order valence-electron chi connectivity index (χ1n) is 5.52. The van der Waals surface area contributed by atoms with E-state index in [-0.39, 0.29) is 12.0 Å². The van der Waals surface area contributed by atoms with Crippen molar-refractivity contribution in [2.45, 2.75) is 6.92 Å². The molecule has 0 spiro atoms. The zero-order valence-electron chi connectivity index (χ0n) is 9.65. The molecule has 1 fully saturated rings. The fourth-order valence-electron chi connectivity index (χ4n) is 1.91. The van der Waals surface area contributed by atoms with Gasteiger partial charge in [0.15, 0.2) is 0 Å². The SMILES string of the molecule is Cc1cc(Cl)ccc1N1CC(CN)COC1=O. The molecular formula is C12H15ClN2O2. The van der Waals surface area contributed by atoms with Crippen LogP contribution in [0.15, 0.2) is 18.2 Å². The Morgan fingerprint density at radius 3 is 3.00 bits per heavy atom. The second-order valence-electron chi connectivity index (χ2n) is 4.22. The summed E-state index contributed by atoms with van der Waals surface area (Å²) in [7, 11) is 0. The molecule has 1 aliphatic rings. The van der Waals surface area contributed by atoms with Gasteiger partial charge in [-0.1, -0.05) is 11.6 Å². The summed E-state index contributed by atoms with van der Waals surface area (Å²) in [4.78, 5) is 13.3. The number of amides is 1. The molecule has 1 aromatic carbocycles. The Bertz CT molecular complexity index is 437. The van der Waals surface area contributed by atoms with Crippen LogP contribution in [0.25, 0.3) is 0 Å². The van der Waals surface area contributed by atoms with Gasteiger partial charge in [0.2, 0.25) is 0 Å². The van der Waals surface area contributed by atoms with E-state index in [1.54, 1.807) is 11.0 Å². The first kappa shape index (κ1) is 12.2. The number of nitrogens with zero attached hydrogens (tertiary/aromatic N) is 1. The molecule has 1 saturated heterocycles. The largest absolute Gasteiger partial charge is 0.449 e. The summed E-state index contributed by atoms with van der Waals surface area (Å²) in [6.45, 7) is 3.42. The second kappa shape index (κ2) is 4.94. The molecule has 1 amide bonds. The molecule has 1 atom stereocenters. The number of cyclic esters (lactones) is 1. The number of benzene rings is 1. The predicted molar refractivity (Wildman–Crippen MR) is 67.4 cm³/mol. The highest BCUT2D eigenvalue weighted by Gasteiger charge is 2.28. The number of rotatable bonds is 2. The van der Waals surface area contributed by atoms with Crippen molar-refractivity contribution in [2.75, 3.05) is 24.6 Å². The van der Waals surface area contributed by atoms with Gasteiger partial charge in [-0.25, -0.2) is 4.79 Å². The summed E-state index contributed by atoms with van der Waals surface area (Å²) in [5.41, 5.74) is 7.39. The van der Waals surface area contributed by atoms with Crippen molar-refractivity contribution < 1.29 is 9.53 Å². The molecule has 1 unspecified atom stereocenters. The summed E-state index contributed by atoms with van der Waals surface area (Å²) >= 11 is 5.89. The summed E-state index contributed by atoms with van der Waals surface area (Å²) in [6.07, 6.45) is -0.319. The van der Waals surface area contributed by atoms with Crippen LogP contribution < -0.4 is 10.6 Å². The monoisotopic (exact) mass is 254 g/mol. The Morgan fingerprint density at radius 2 is 2.35 bits per heavy atom. The van der Waals surface area contributed by atoms with Gasteiger partial charge in [-0.2, -0.15) is 0 Å². The number of anilines is 1. The topological polar surface area (TPSA) is 55.6 Å². The third kappa shape index (κ3) is 2.53. The number of hydrogen-bond donors (Lipinski definition) is 1. The quantitative estimate of drug-likeness (QED) is 0.880. The molecule has 5 heteroatoms. The van der Waals surface area contributed by atoms with Crippen LogP contribution in [0, 0.1) is 12.8 Å². The van der Waals surface area contributed by atoms with Gasteiger partial charge in [-0.05, 0) is 30.7 Å². The molecule has 0 aromatic heterocycles. The number of ether oxygens (including phenoxy) is 1. The number of halogens is 1. The van der Waals surface area contributed by atoms with Gasteiger partial charge >= 0.3 is 6.09 Å². The Balaban J connectivity index is 2.27. The molecule has 2 rings (SSSR count). The van der Waals surface area contributed by atoms with Crippen LogP contribution in [0.5, 0.6) is 0 Å². The van der Waals surface area contributed by atoms with Gasteiger partial charge < -0.3 is 10.5 Å². The maximum absolute atomic E-state index is 11.7. The van der Waals surface area contributed by atoms with E-state index in [2.05, 4.69) is 0 Å². The third-order valence-corrected chi connectivity index (χ3v) is 3.12. The van der Waals surface area contributed by atoms with Crippen molar-refractivity contribution >= 4 is 23.4 Å². The minimum absolute atomic E-state index is 0.183. The lowest BCUT2D eigenvalue weighted by atomic mass is 10.1. The fourth-order valence-corrected chi connectivity index (χ4v) is 2.14. The van der Waals surface area contributed by atoms with Crippen LogP contribution in [0.2, 0.25) is 5.02 Å². The molecule has 0 radical (unpaired) electrons. The molecule has 1 aromatic rings. The van der Waals surface area contributed by atoms with Crippen molar-refractivity contribution in [2.24, 2.45) is 11.7 Å². The Labute approximate surface area is 105 Å². The molecule has 4 nitrogen and oxygen atoms in total. The Hall–Kier alpha value is -1.26. The standard InChI is InChI=1S/C12H15ClN2O2/c1-8-4-10(13)2-3-11(8)15-6-9(5-14)7-17-12(15)16/h2-4,9H,5-7,14H2,1H3. The molecule has 17 heavy (non-hydrogen) atoms. The average molecular weight is 255 g/mol. The maximum atomic E-state index is 11.7. The van der Waals surface area contributed by atoms with Crippen LogP contribution >= 0.6 is 11.6 Å². The highest BCUT2D eigenvalue weighted by atomic mass is 35.5. The van der Waals surface area contributed by atoms with E-state index in [1.165, 1.54) is 0 Å². The van der Waals surface area contributed by atoms with E-state index < -0.39 is 0 Å². The van der Waals surface area contributed by atoms with E-state index in [0.717, 1.165) is 11.3 Å². The number of carbonyl (C=O) groups excluding carboxylic acids is 1. The summed E-state index contributed by atoms with van der Waals surface area (Å²) in [5, 5.41) is 0.659. The zero-order valence-corrected chi connectivity index (χ0v) is 10.4. The van der Waals surface area contributed by atoms with Crippen LogP contribution in [0.4, 0.5) is 10.5 Å². The molecule has 0 bridgehead atoms. The van der Waals surface area contributed by atoms with Crippen LogP contribution in [-0.4, -0.2) is 25.8 Å². The lowest BCUT2D eigenvalue weighted by Gasteiger charge is -2.32. The van der Waals surface area contributed by atoms with Gasteiger partial charge in [0.1, 0.15) is 0 Å². The van der Waals surface area contributed by atoms with Crippen molar-refractivity contribution in [3.63, 3.8) is 0 Å². The summed E-state index contributed by atoms with van der Waals surface area (Å²) in [5.74, 6) is 0.183. The Morgan fingerprint density at radius 1 is 1.59 bits per heavy atom. The van der Waals surface area contributed by atoms with Crippen LogP contribution in [-0.2, 0) is 4.74 Å². The van der Waals surface area contributed by atoms with E-state index in [0.29, 0.717) is 24.7 Å². The van der Waals surface area contributed by atoms with E-state index >= 15 is 0 Å². The first-order chi connectivity index (χ1) is 8.11. The highest BCUT2D eigenvalue weighted by molar-refractivity contribution is 6.30. The van der Waals surface area contributed by atoms with E-state index in [1.807, 2.05) is 19.1 Å². The third-order valence-electron chi connectivity index (χ3n) is 2.89. The van der Waals surface area contributed by atoms with Crippen LogP contribution in [0.3, 0.4) is 0 Å². The van der Waals surface area contributed by atoms with Crippen LogP contribution in [0.1, 0.15) is 5.56 Å². The predicted octanol–water partition coefficient (Wildman–Crippen LogP) is 2.18. The molecule has 92 valence electrons. The van der Waals surface area contributed by atoms with Crippen molar-refractivity contribution in [1.82, 2.24) is 0 Å². The summed E-state index contributed by atoms with van der Waals surface area (Å²) < 4.78 is 5.11. The molecular weight excluding hydrogens is 240 g/mol. The second-order valence-corrected chi connectivity index (χ2v) is 4.66. The van der Waals surface area contributed by atoms with Crippen molar-refractivity contribution in [1.29, 1.82) is 0 Å². The number of hydrogen-bond acceptors (Lipinski definition) is 3. The minimum Gasteiger partial charge on any atom is -0.449 e. The number of carbonyl (C=O) groups is 1. The minimum atomic E-state index is -0.319. The smallest absolute Gasteiger partial charge is 0.414 e. The lowest BCUT2D eigenvalue weighted by Crippen LogP contribution is -2.45. The first-order valence-corrected chi connectivity index (χ1v) is 5.90. The molecule has 0 aliphatic carbocycles. The van der Waals surface area contributed by atoms with E-state index in [9.17, 15) is 4.79 Å². The van der Waals surface area contributed by atoms with Crippen molar-refractivity contribution in [3.8, 4) is 0 Å². The number of nitrogens with two attached hydrogens (primary N) is 1. The average Bonchev–Trinajstić information content (AvgIpc) is 2.30. The Kier molecular flexibility index (Phi) is 3.54. The van der Waals surface area contributed by atoms with Gasteiger partial charge in [0.05, 0.1) is 12.3 Å². The van der Waals surface area contributed by atoms with Gasteiger partial charge in [0, 0.05) is 24.0 Å². The maximum Gasteiger partial charge on any atom is 0.414 e. The van der Waals surface area contributed by atoms with Crippen molar-refractivity contribution in [3.05, 3.63) is 28.8 Å². The lowest BCUT2D eigenvalue weighted by molar-refractivity contribution is 0.117.